The van der Waals surface area contributed by atoms with Gasteiger partial charge in [0.25, 0.3) is 0 Å². The predicted octanol–water partition coefficient (Wildman–Crippen LogP) is 3.29. The van der Waals surface area contributed by atoms with Crippen molar-refractivity contribution in [3.63, 3.8) is 0 Å². The lowest BCUT2D eigenvalue weighted by Crippen LogP contribution is -2.26. The van der Waals surface area contributed by atoms with Crippen LogP contribution in [-0.2, 0) is 13.0 Å². The lowest BCUT2D eigenvalue weighted by Gasteiger charge is -2.27. The molecule has 0 aliphatic heterocycles. The van der Waals surface area contributed by atoms with E-state index in [4.69, 9.17) is 0 Å². The zero-order valence-electron chi connectivity index (χ0n) is 11.0. The van der Waals surface area contributed by atoms with Crippen LogP contribution >= 0.6 is 15.9 Å². The van der Waals surface area contributed by atoms with Gasteiger partial charge in [-0.1, -0.05) is 36.7 Å². The molecule has 4 heteroatoms. The topological polar surface area (TPSA) is 30.7 Å². The molecule has 0 aromatic carbocycles. The summed E-state index contributed by atoms with van der Waals surface area (Å²) in [7, 11) is 0. The first-order valence-corrected chi connectivity index (χ1v) is 7.60. The Kier molecular flexibility index (Phi) is 3.91. The van der Waals surface area contributed by atoms with Crippen molar-refractivity contribution in [2.45, 2.75) is 46.6 Å². The molecule has 1 heterocycles. The van der Waals surface area contributed by atoms with E-state index in [1.807, 2.05) is 0 Å². The summed E-state index contributed by atoms with van der Waals surface area (Å²) < 4.78 is 2.08. The molecule has 0 spiro atoms. The fourth-order valence-corrected chi connectivity index (χ4v) is 3.02. The minimum absolute atomic E-state index is 0.349. The molecule has 0 radical (unpaired) electrons. The number of hydrogen-bond acceptors (Lipinski definition) is 2. The lowest BCUT2D eigenvalue weighted by molar-refractivity contribution is 0.301. The van der Waals surface area contributed by atoms with Gasteiger partial charge in [-0.3, -0.25) is 0 Å². The summed E-state index contributed by atoms with van der Waals surface area (Å²) in [6.45, 7) is 7.78. The molecule has 1 atom stereocenters. The summed E-state index contributed by atoms with van der Waals surface area (Å²) in [5.41, 5.74) is 0.349. The standard InChI is InChI=1S/C13H22BrN3/c1-10(2)7-17-12(15-9-16-17)6-13(3,8-14)11-4-5-11/h9-11H,4-8H2,1-3H3. The smallest absolute Gasteiger partial charge is 0.138 e. The van der Waals surface area contributed by atoms with Crippen LogP contribution in [0.1, 0.15) is 39.4 Å². The van der Waals surface area contributed by atoms with Crippen LogP contribution in [0.2, 0.25) is 0 Å². The van der Waals surface area contributed by atoms with Gasteiger partial charge in [-0.05, 0) is 30.1 Å². The molecule has 1 fully saturated rings. The second-order valence-electron chi connectivity index (χ2n) is 5.99. The van der Waals surface area contributed by atoms with Crippen LogP contribution in [0.5, 0.6) is 0 Å². The van der Waals surface area contributed by atoms with Crippen LogP contribution < -0.4 is 0 Å². The fourth-order valence-electron chi connectivity index (χ4n) is 2.37. The van der Waals surface area contributed by atoms with E-state index in [1.165, 1.54) is 12.8 Å². The summed E-state index contributed by atoms with van der Waals surface area (Å²) in [5.74, 6) is 2.63. The van der Waals surface area contributed by atoms with Crippen molar-refractivity contribution in [3.8, 4) is 0 Å². The second-order valence-corrected chi connectivity index (χ2v) is 6.55. The molecule has 96 valence electrons. The highest BCUT2D eigenvalue weighted by Crippen LogP contribution is 2.48. The number of alkyl halides is 1. The molecule has 3 nitrogen and oxygen atoms in total. The van der Waals surface area contributed by atoms with E-state index in [1.54, 1.807) is 6.33 Å². The normalized spacial score (nSPS) is 19.6. The van der Waals surface area contributed by atoms with Crippen LogP contribution in [0.15, 0.2) is 6.33 Å². The van der Waals surface area contributed by atoms with Crippen LogP contribution in [0, 0.1) is 17.3 Å². The number of rotatable bonds is 6. The minimum Gasteiger partial charge on any atom is -0.250 e. The molecular weight excluding hydrogens is 278 g/mol. The third-order valence-electron chi connectivity index (χ3n) is 3.66. The molecular formula is C13H22BrN3. The molecule has 0 saturated heterocycles. The van der Waals surface area contributed by atoms with Crippen LogP contribution in [0.3, 0.4) is 0 Å². The fraction of sp³-hybridized carbons (Fsp3) is 0.846. The Balaban J connectivity index is 2.09. The van der Waals surface area contributed by atoms with Crippen molar-refractivity contribution >= 4 is 15.9 Å². The zero-order chi connectivity index (χ0) is 12.5. The van der Waals surface area contributed by atoms with E-state index in [9.17, 15) is 0 Å². The highest BCUT2D eigenvalue weighted by molar-refractivity contribution is 9.09. The highest BCUT2D eigenvalue weighted by Gasteiger charge is 2.41. The van der Waals surface area contributed by atoms with Gasteiger partial charge < -0.3 is 0 Å². The van der Waals surface area contributed by atoms with Crippen LogP contribution in [0.4, 0.5) is 0 Å². The van der Waals surface area contributed by atoms with Gasteiger partial charge in [-0.15, -0.1) is 0 Å². The summed E-state index contributed by atoms with van der Waals surface area (Å²) in [4.78, 5) is 4.44. The van der Waals surface area contributed by atoms with E-state index in [2.05, 4.69) is 51.5 Å². The first-order valence-electron chi connectivity index (χ1n) is 6.48. The van der Waals surface area contributed by atoms with E-state index < -0.39 is 0 Å². The Bertz CT molecular complexity index is 370. The van der Waals surface area contributed by atoms with Gasteiger partial charge in [0.15, 0.2) is 0 Å². The van der Waals surface area contributed by atoms with E-state index in [0.717, 1.165) is 30.0 Å². The molecule has 1 aromatic heterocycles. The van der Waals surface area contributed by atoms with Gasteiger partial charge in [-0.25, -0.2) is 9.67 Å². The maximum atomic E-state index is 4.44. The highest BCUT2D eigenvalue weighted by atomic mass is 79.9. The molecule has 1 aliphatic rings. The van der Waals surface area contributed by atoms with Gasteiger partial charge in [-0.2, -0.15) is 5.10 Å². The first-order chi connectivity index (χ1) is 8.05. The Morgan fingerprint density at radius 1 is 1.53 bits per heavy atom. The van der Waals surface area contributed by atoms with Crippen molar-refractivity contribution in [2.75, 3.05) is 5.33 Å². The number of aromatic nitrogens is 3. The third kappa shape index (κ3) is 3.09. The number of nitrogens with zero attached hydrogens (tertiary/aromatic N) is 3. The van der Waals surface area contributed by atoms with E-state index in [0.29, 0.717) is 11.3 Å². The summed E-state index contributed by atoms with van der Waals surface area (Å²) >= 11 is 3.68. The first kappa shape index (κ1) is 13.1. The van der Waals surface area contributed by atoms with Crippen molar-refractivity contribution in [1.82, 2.24) is 14.8 Å². The molecule has 1 aliphatic carbocycles. The quantitative estimate of drug-likeness (QED) is 0.755. The van der Waals surface area contributed by atoms with Gasteiger partial charge in [0.1, 0.15) is 12.2 Å². The minimum atomic E-state index is 0.349. The Hall–Kier alpha value is -0.380. The van der Waals surface area contributed by atoms with Gasteiger partial charge in [0.2, 0.25) is 0 Å². The third-order valence-corrected chi connectivity index (χ3v) is 4.94. The number of halogens is 1. The second kappa shape index (κ2) is 5.09. The predicted molar refractivity (Wildman–Crippen MR) is 73.2 cm³/mol. The van der Waals surface area contributed by atoms with Crippen molar-refractivity contribution in [1.29, 1.82) is 0 Å². The monoisotopic (exact) mass is 299 g/mol. The van der Waals surface area contributed by atoms with Gasteiger partial charge in [0, 0.05) is 18.3 Å². The Labute approximate surface area is 112 Å². The Morgan fingerprint density at radius 3 is 2.76 bits per heavy atom. The SMILES string of the molecule is CC(C)Cn1ncnc1CC(C)(CBr)C1CC1. The largest absolute Gasteiger partial charge is 0.250 e. The average Bonchev–Trinajstić information content (AvgIpc) is 3.04. The van der Waals surface area contributed by atoms with Crippen molar-refractivity contribution in [2.24, 2.45) is 17.3 Å². The molecule has 17 heavy (non-hydrogen) atoms. The van der Waals surface area contributed by atoms with Crippen LogP contribution in [-0.4, -0.2) is 20.1 Å². The molecule has 0 amide bonds. The average molecular weight is 300 g/mol. The molecule has 1 aromatic rings. The van der Waals surface area contributed by atoms with Crippen molar-refractivity contribution in [3.05, 3.63) is 12.2 Å². The summed E-state index contributed by atoms with van der Waals surface area (Å²) in [6, 6.07) is 0. The van der Waals surface area contributed by atoms with E-state index >= 15 is 0 Å². The molecule has 0 N–H and O–H groups in total. The zero-order valence-corrected chi connectivity index (χ0v) is 12.6. The molecule has 2 rings (SSSR count). The Morgan fingerprint density at radius 2 is 2.24 bits per heavy atom. The molecule has 1 unspecified atom stereocenters. The summed E-state index contributed by atoms with van der Waals surface area (Å²) in [5, 5.41) is 5.40. The van der Waals surface area contributed by atoms with Gasteiger partial charge in [0.05, 0.1) is 0 Å². The van der Waals surface area contributed by atoms with Gasteiger partial charge >= 0.3 is 0 Å². The number of hydrogen-bond donors (Lipinski definition) is 0. The van der Waals surface area contributed by atoms with E-state index in [-0.39, 0.29) is 0 Å². The summed E-state index contributed by atoms with van der Waals surface area (Å²) in [6.07, 6.45) is 5.48. The van der Waals surface area contributed by atoms with Crippen molar-refractivity contribution < 1.29 is 0 Å². The maximum absolute atomic E-state index is 4.44. The lowest BCUT2D eigenvalue weighted by atomic mass is 9.83. The maximum Gasteiger partial charge on any atom is 0.138 e. The molecule has 1 saturated carbocycles. The van der Waals surface area contributed by atoms with Crippen LogP contribution in [0.25, 0.3) is 0 Å². The molecule has 0 bridgehead atoms.